The van der Waals surface area contributed by atoms with E-state index < -0.39 is 0 Å². The number of aromatic nitrogens is 4. The van der Waals surface area contributed by atoms with Gasteiger partial charge in [-0.1, -0.05) is 13.8 Å². The van der Waals surface area contributed by atoms with Crippen LogP contribution in [0.15, 0.2) is 15.9 Å². The first-order chi connectivity index (χ1) is 10.9. The zero-order valence-corrected chi connectivity index (χ0v) is 14.2. The van der Waals surface area contributed by atoms with Gasteiger partial charge in [-0.15, -0.1) is 0 Å². The van der Waals surface area contributed by atoms with Gasteiger partial charge in [0.2, 0.25) is 0 Å². The van der Waals surface area contributed by atoms with Gasteiger partial charge in [0.15, 0.2) is 11.2 Å². The molecule has 0 radical (unpaired) electrons. The summed E-state index contributed by atoms with van der Waals surface area (Å²) in [6.45, 7) is 4.24. The van der Waals surface area contributed by atoms with E-state index in [0.717, 1.165) is 6.42 Å². The Balaban J connectivity index is 2.15. The van der Waals surface area contributed by atoms with E-state index in [2.05, 4.69) is 4.98 Å². The zero-order chi connectivity index (χ0) is 17.1. The summed E-state index contributed by atoms with van der Waals surface area (Å²) in [5.74, 6) is 0.325. The third-order valence-electron chi connectivity index (χ3n) is 4.42. The second-order valence-corrected chi connectivity index (χ2v) is 6.06. The van der Waals surface area contributed by atoms with Gasteiger partial charge in [0.1, 0.15) is 5.78 Å². The van der Waals surface area contributed by atoms with E-state index in [0.29, 0.717) is 37.0 Å². The van der Waals surface area contributed by atoms with Crippen molar-refractivity contribution >= 4 is 16.9 Å². The van der Waals surface area contributed by atoms with Crippen LogP contribution in [0.1, 0.15) is 39.5 Å². The Morgan fingerprint density at radius 1 is 1.26 bits per heavy atom. The van der Waals surface area contributed by atoms with Gasteiger partial charge in [-0.2, -0.15) is 0 Å². The van der Waals surface area contributed by atoms with Gasteiger partial charge < -0.3 is 4.57 Å². The number of aryl methyl sites for hydroxylation is 2. The minimum absolute atomic E-state index is 0.0800. The van der Waals surface area contributed by atoms with Crippen molar-refractivity contribution in [3.8, 4) is 0 Å². The van der Waals surface area contributed by atoms with Gasteiger partial charge in [0, 0.05) is 33.0 Å². The molecule has 0 spiro atoms. The van der Waals surface area contributed by atoms with E-state index in [4.69, 9.17) is 0 Å². The Morgan fingerprint density at radius 2 is 1.96 bits per heavy atom. The van der Waals surface area contributed by atoms with E-state index in [-0.39, 0.29) is 23.0 Å². The second-order valence-electron chi connectivity index (χ2n) is 6.06. The maximum atomic E-state index is 12.5. The number of ketones is 1. The standard InChI is InChI=1S/C16H24N4O3/c1-5-11(2)12(21)8-6-7-9-20-15(22)13-14(17-10-18(13)3)19(4)16(20)23/h10-11H,5-9H2,1-4H3. The number of hydrogen-bond donors (Lipinski definition) is 0. The normalized spacial score (nSPS) is 12.7. The quantitative estimate of drug-likeness (QED) is 0.719. The van der Waals surface area contributed by atoms with Crippen molar-refractivity contribution < 1.29 is 4.79 Å². The van der Waals surface area contributed by atoms with Crippen LogP contribution in [-0.2, 0) is 25.4 Å². The molecule has 2 heterocycles. The van der Waals surface area contributed by atoms with E-state index in [1.54, 1.807) is 18.7 Å². The van der Waals surface area contributed by atoms with Gasteiger partial charge in [0.05, 0.1) is 6.33 Å². The van der Waals surface area contributed by atoms with Crippen molar-refractivity contribution in [3.63, 3.8) is 0 Å². The molecule has 2 aromatic rings. The highest BCUT2D eigenvalue weighted by molar-refractivity contribution is 5.80. The topological polar surface area (TPSA) is 78.9 Å². The molecule has 23 heavy (non-hydrogen) atoms. The number of carbonyl (C=O) groups is 1. The molecule has 0 saturated carbocycles. The van der Waals surface area contributed by atoms with E-state index >= 15 is 0 Å². The molecule has 0 saturated heterocycles. The van der Waals surface area contributed by atoms with E-state index in [9.17, 15) is 14.4 Å². The van der Waals surface area contributed by atoms with E-state index in [1.807, 2.05) is 13.8 Å². The highest BCUT2D eigenvalue weighted by Gasteiger charge is 2.15. The smallest absolute Gasteiger partial charge is 0.328 e. The van der Waals surface area contributed by atoms with Gasteiger partial charge in [-0.3, -0.25) is 18.7 Å². The molecule has 0 N–H and O–H groups in total. The molecule has 0 aliphatic rings. The lowest BCUT2D eigenvalue weighted by Gasteiger charge is -2.09. The average Bonchev–Trinajstić information content (AvgIpc) is 2.93. The maximum absolute atomic E-state index is 12.5. The maximum Gasteiger partial charge on any atom is 0.332 e. The molecule has 7 heteroatoms. The number of unbranched alkanes of at least 4 members (excludes halogenated alkanes) is 1. The Hall–Kier alpha value is -2.18. The summed E-state index contributed by atoms with van der Waals surface area (Å²) >= 11 is 0. The predicted molar refractivity (Wildman–Crippen MR) is 88.5 cm³/mol. The first kappa shape index (κ1) is 17.2. The SMILES string of the molecule is CCC(C)C(=O)CCCCn1c(=O)c2c(ncn2C)n(C)c1=O. The number of carbonyl (C=O) groups excluding carboxylic acids is 1. The van der Waals surface area contributed by atoms with Crippen LogP contribution in [0.4, 0.5) is 0 Å². The number of rotatable bonds is 7. The second kappa shape index (κ2) is 6.93. The summed E-state index contributed by atoms with van der Waals surface area (Å²) < 4.78 is 4.25. The third-order valence-corrected chi connectivity index (χ3v) is 4.42. The van der Waals surface area contributed by atoms with E-state index in [1.165, 1.54) is 15.5 Å². The van der Waals surface area contributed by atoms with Crippen molar-refractivity contribution in [2.24, 2.45) is 20.0 Å². The van der Waals surface area contributed by atoms with Crippen LogP contribution in [0.25, 0.3) is 11.2 Å². The Labute approximate surface area is 134 Å². The highest BCUT2D eigenvalue weighted by atomic mass is 16.2. The van der Waals surface area contributed by atoms with Crippen LogP contribution in [0, 0.1) is 5.92 Å². The Bertz CT molecular complexity index is 828. The van der Waals surface area contributed by atoms with Gasteiger partial charge in [0.25, 0.3) is 5.56 Å². The van der Waals surface area contributed by atoms with Crippen molar-refractivity contribution in [1.29, 1.82) is 0 Å². The van der Waals surface area contributed by atoms with Crippen LogP contribution < -0.4 is 11.2 Å². The van der Waals surface area contributed by atoms with Crippen LogP contribution in [0.3, 0.4) is 0 Å². The molecular weight excluding hydrogens is 296 g/mol. The lowest BCUT2D eigenvalue weighted by atomic mass is 9.99. The fourth-order valence-corrected chi connectivity index (χ4v) is 2.64. The van der Waals surface area contributed by atoms with Crippen LogP contribution in [-0.4, -0.2) is 24.5 Å². The number of nitrogens with zero attached hydrogens (tertiary/aromatic N) is 4. The molecule has 1 unspecified atom stereocenters. The fraction of sp³-hybridized carbons (Fsp3) is 0.625. The van der Waals surface area contributed by atoms with Crippen molar-refractivity contribution in [3.05, 3.63) is 27.2 Å². The molecule has 0 aliphatic heterocycles. The summed E-state index contributed by atoms with van der Waals surface area (Å²) in [6.07, 6.45) is 4.18. The lowest BCUT2D eigenvalue weighted by Crippen LogP contribution is -2.39. The minimum atomic E-state index is -0.366. The number of hydrogen-bond acceptors (Lipinski definition) is 4. The monoisotopic (exact) mass is 320 g/mol. The van der Waals surface area contributed by atoms with Crippen LogP contribution in [0.5, 0.6) is 0 Å². The molecule has 0 aromatic carbocycles. The molecule has 0 bridgehead atoms. The van der Waals surface area contributed by atoms with Crippen molar-refractivity contribution in [2.45, 2.75) is 46.1 Å². The average molecular weight is 320 g/mol. The minimum Gasteiger partial charge on any atom is -0.328 e. The molecule has 0 aliphatic carbocycles. The van der Waals surface area contributed by atoms with Crippen molar-refractivity contribution in [2.75, 3.05) is 0 Å². The third kappa shape index (κ3) is 3.28. The molecule has 1 atom stereocenters. The largest absolute Gasteiger partial charge is 0.332 e. The lowest BCUT2D eigenvalue weighted by molar-refractivity contribution is -0.122. The Kier molecular flexibility index (Phi) is 5.18. The number of fused-ring (bicyclic) bond motifs is 1. The Morgan fingerprint density at radius 3 is 2.61 bits per heavy atom. The summed E-state index contributed by atoms with van der Waals surface area (Å²) in [4.78, 5) is 40.7. The van der Waals surface area contributed by atoms with Gasteiger partial charge in [-0.05, 0) is 19.3 Å². The summed E-state index contributed by atoms with van der Waals surface area (Å²) in [6, 6.07) is 0. The van der Waals surface area contributed by atoms with Crippen molar-refractivity contribution in [1.82, 2.24) is 18.7 Å². The summed E-state index contributed by atoms with van der Waals surface area (Å²) in [5, 5.41) is 0. The molecule has 126 valence electrons. The molecule has 0 amide bonds. The number of Topliss-reactive ketones (excluding diaryl/α,β-unsaturated/α-hetero) is 1. The molecule has 2 rings (SSSR count). The molecule has 7 nitrogen and oxygen atoms in total. The molecule has 2 aromatic heterocycles. The zero-order valence-electron chi connectivity index (χ0n) is 14.2. The van der Waals surface area contributed by atoms with Crippen LogP contribution >= 0.6 is 0 Å². The fourth-order valence-electron chi connectivity index (χ4n) is 2.64. The summed E-state index contributed by atoms with van der Waals surface area (Å²) in [7, 11) is 3.34. The predicted octanol–water partition coefficient (Wildman–Crippen LogP) is 1.22. The van der Waals surface area contributed by atoms with Gasteiger partial charge in [-0.25, -0.2) is 9.78 Å². The van der Waals surface area contributed by atoms with Crippen LogP contribution in [0.2, 0.25) is 0 Å². The molecular formula is C16H24N4O3. The van der Waals surface area contributed by atoms with Gasteiger partial charge >= 0.3 is 5.69 Å². The first-order valence-electron chi connectivity index (χ1n) is 8.02. The highest BCUT2D eigenvalue weighted by Crippen LogP contribution is 2.09. The number of imidazole rings is 1. The molecule has 0 fully saturated rings. The first-order valence-corrected chi connectivity index (χ1v) is 8.02. The summed E-state index contributed by atoms with van der Waals surface area (Å²) in [5.41, 5.74) is 0.124.